The Morgan fingerprint density at radius 3 is 2.71 bits per heavy atom. The van der Waals surface area contributed by atoms with Crippen molar-refractivity contribution in [3.63, 3.8) is 0 Å². The smallest absolute Gasteiger partial charge is 0.0801 e. The molecule has 0 aliphatic carbocycles. The Labute approximate surface area is 110 Å². The zero-order valence-electron chi connectivity index (χ0n) is 9.19. The minimum atomic E-state index is -0.116. The van der Waals surface area contributed by atoms with Gasteiger partial charge >= 0.3 is 0 Å². The van der Waals surface area contributed by atoms with E-state index in [0.29, 0.717) is 10.0 Å². The normalized spacial score (nSPS) is 12.4. The van der Waals surface area contributed by atoms with Gasteiger partial charge in [-0.15, -0.1) is 0 Å². The second kappa shape index (κ2) is 5.45. The van der Waals surface area contributed by atoms with E-state index < -0.39 is 0 Å². The molecule has 1 N–H and O–H groups in total. The van der Waals surface area contributed by atoms with Crippen LogP contribution in [0.5, 0.6) is 0 Å². The third-order valence-electron chi connectivity index (χ3n) is 2.46. The molecule has 0 aliphatic rings. The fraction of sp³-hybridized carbons (Fsp3) is 0.167. The molecule has 0 saturated heterocycles. The number of aromatic nitrogens is 2. The number of benzene rings is 1. The molecule has 0 fully saturated rings. The van der Waals surface area contributed by atoms with E-state index >= 15 is 0 Å². The minimum Gasteiger partial charge on any atom is -0.308 e. The van der Waals surface area contributed by atoms with Gasteiger partial charge < -0.3 is 5.32 Å². The highest BCUT2D eigenvalue weighted by Gasteiger charge is 2.17. The van der Waals surface area contributed by atoms with E-state index in [1.165, 1.54) is 0 Å². The van der Waals surface area contributed by atoms with Crippen molar-refractivity contribution in [3.05, 3.63) is 58.1 Å². The maximum atomic E-state index is 6.20. The lowest BCUT2D eigenvalue weighted by Gasteiger charge is -2.17. The van der Waals surface area contributed by atoms with Gasteiger partial charge in [0.15, 0.2) is 0 Å². The summed E-state index contributed by atoms with van der Waals surface area (Å²) in [5.41, 5.74) is 1.70. The molecule has 0 spiro atoms. The van der Waals surface area contributed by atoms with Crippen LogP contribution in [-0.2, 0) is 0 Å². The highest BCUT2D eigenvalue weighted by atomic mass is 35.5. The molecule has 0 saturated carbocycles. The molecular formula is C12H11Cl2N3. The van der Waals surface area contributed by atoms with E-state index in [1.54, 1.807) is 24.7 Å². The molecule has 3 nitrogen and oxygen atoms in total. The average Bonchev–Trinajstić information content (AvgIpc) is 2.37. The zero-order chi connectivity index (χ0) is 12.3. The summed E-state index contributed by atoms with van der Waals surface area (Å²) >= 11 is 12.2. The number of halogens is 2. The lowest BCUT2D eigenvalue weighted by molar-refractivity contribution is 0.667. The number of nitrogens with zero attached hydrogens (tertiary/aromatic N) is 2. The molecule has 1 heterocycles. The van der Waals surface area contributed by atoms with E-state index in [-0.39, 0.29) is 6.04 Å². The van der Waals surface area contributed by atoms with E-state index in [2.05, 4.69) is 15.3 Å². The predicted octanol–water partition coefficient (Wildman–Crippen LogP) is 3.09. The van der Waals surface area contributed by atoms with Crippen LogP contribution >= 0.6 is 23.2 Å². The van der Waals surface area contributed by atoms with Crippen molar-refractivity contribution in [1.82, 2.24) is 15.3 Å². The van der Waals surface area contributed by atoms with E-state index in [4.69, 9.17) is 23.2 Å². The quantitative estimate of drug-likeness (QED) is 0.929. The molecule has 17 heavy (non-hydrogen) atoms. The molecular weight excluding hydrogens is 257 g/mol. The van der Waals surface area contributed by atoms with Crippen molar-refractivity contribution >= 4 is 23.2 Å². The first-order chi connectivity index (χ1) is 8.24. The van der Waals surface area contributed by atoms with Gasteiger partial charge in [-0.2, -0.15) is 0 Å². The lowest BCUT2D eigenvalue weighted by atomic mass is 10.0. The van der Waals surface area contributed by atoms with Gasteiger partial charge in [0.05, 0.1) is 28.0 Å². The molecule has 88 valence electrons. The zero-order valence-corrected chi connectivity index (χ0v) is 10.7. The Kier molecular flexibility index (Phi) is 3.94. The van der Waals surface area contributed by atoms with Crippen molar-refractivity contribution in [3.8, 4) is 0 Å². The van der Waals surface area contributed by atoms with Crippen LogP contribution in [-0.4, -0.2) is 17.0 Å². The summed E-state index contributed by atoms with van der Waals surface area (Å²) in [6.07, 6.45) is 4.99. The summed E-state index contributed by atoms with van der Waals surface area (Å²) in [7, 11) is 1.84. The third kappa shape index (κ3) is 2.57. The van der Waals surface area contributed by atoms with Crippen molar-refractivity contribution in [2.24, 2.45) is 0 Å². The Bertz CT molecular complexity index is 502. The van der Waals surface area contributed by atoms with Crippen molar-refractivity contribution in [2.45, 2.75) is 6.04 Å². The second-order valence-electron chi connectivity index (χ2n) is 3.50. The predicted molar refractivity (Wildman–Crippen MR) is 69.4 cm³/mol. The summed E-state index contributed by atoms with van der Waals surface area (Å²) in [5.74, 6) is 0. The van der Waals surface area contributed by atoms with Crippen LogP contribution in [0.3, 0.4) is 0 Å². The van der Waals surface area contributed by atoms with Crippen LogP contribution in [0.25, 0.3) is 0 Å². The molecule has 1 aromatic heterocycles. The van der Waals surface area contributed by atoms with E-state index in [9.17, 15) is 0 Å². The number of rotatable bonds is 3. The van der Waals surface area contributed by atoms with Crippen LogP contribution in [0, 0.1) is 0 Å². The largest absolute Gasteiger partial charge is 0.308 e. The number of hydrogen-bond donors (Lipinski definition) is 1. The fourth-order valence-corrected chi connectivity index (χ4v) is 2.08. The van der Waals surface area contributed by atoms with E-state index in [1.807, 2.05) is 19.2 Å². The highest BCUT2D eigenvalue weighted by Crippen LogP contribution is 2.31. The lowest BCUT2D eigenvalue weighted by Crippen LogP contribution is -2.19. The van der Waals surface area contributed by atoms with Crippen LogP contribution < -0.4 is 5.32 Å². The molecule has 0 radical (unpaired) electrons. The Hall–Kier alpha value is -1.16. The molecule has 1 unspecified atom stereocenters. The number of hydrogen-bond acceptors (Lipinski definition) is 3. The first-order valence-electron chi connectivity index (χ1n) is 5.11. The average molecular weight is 268 g/mol. The van der Waals surface area contributed by atoms with Gasteiger partial charge in [-0.25, -0.2) is 0 Å². The monoisotopic (exact) mass is 267 g/mol. The van der Waals surface area contributed by atoms with Gasteiger partial charge in [-0.1, -0.05) is 35.3 Å². The molecule has 0 amide bonds. The summed E-state index contributed by atoms with van der Waals surface area (Å²) in [6, 6.07) is 5.43. The maximum absolute atomic E-state index is 6.20. The van der Waals surface area contributed by atoms with Crippen molar-refractivity contribution in [1.29, 1.82) is 0 Å². The van der Waals surface area contributed by atoms with Crippen LogP contribution in [0.1, 0.15) is 17.3 Å². The molecule has 0 aliphatic heterocycles. The Morgan fingerprint density at radius 1 is 1.24 bits per heavy atom. The summed E-state index contributed by atoms with van der Waals surface area (Å²) < 4.78 is 0. The van der Waals surface area contributed by atoms with Crippen molar-refractivity contribution in [2.75, 3.05) is 7.05 Å². The summed E-state index contributed by atoms with van der Waals surface area (Å²) in [4.78, 5) is 8.32. The van der Waals surface area contributed by atoms with Gasteiger partial charge in [0.2, 0.25) is 0 Å². The van der Waals surface area contributed by atoms with Crippen LogP contribution in [0.15, 0.2) is 36.8 Å². The van der Waals surface area contributed by atoms with Gasteiger partial charge in [-0.05, 0) is 18.7 Å². The fourth-order valence-electron chi connectivity index (χ4n) is 1.67. The van der Waals surface area contributed by atoms with Crippen molar-refractivity contribution < 1.29 is 0 Å². The summed E-state index contributed by atoms with van der Waals surface area (Å²) in [6.45, 7) is 0. The third-order valence-corrected chi connectivity index (χ3v) is 3.29. The summed E-state index contributed by atoms with van der Waals surface area (Å²) in [5, 5.41) is 4.23. The SMILES string of the molecule is CNC(c1cnccn1)c1cccc(Cl)c1Cl. The molecule has 1 atom stereocenters. The molecule has 5 heteroatoms. The highest BCUT2D eigenvalue weighted by molar-refractivity contribution is 6.42. The second-order valence-corrected chi connectivity index (χ2v) is 4.28. The standard InChI is InChI=1S/C12H11Cl2N3/c1-15-12(10-7-16-5-6-17-10)8-3-2-4-9(13)11(8)14/h2-7,12,15H,1H3. The number of nitrogens with one attached hydrogen (secondary N) is 1. The van der Waals surface area contributed by atoms with Gasteiger partial charge in [0, 0.05) is 12.4 Å². The minimum absolute atomic E-state index is 0.116. The van der Waals surface area contributed by atoms with Gasteiger partial charge in [0.1, 0.15) is 0 Å². The van der Waals surface area contributed by atoms with Gasteiger partial charge in [-0.3, -0.25) is 9.97 Å². The van der Waals surface area contributed by atoms with Crippen LogP contribution in [0.2, 0.25) is 10.0 Å². The molecule has 2 rings (SSSR count). The topological polar surface area (TPSA) is 37.8 Å². The Morgan fingerprint density at radius 2 is 2.06 bits per heavy atom. The van der Waals surface area contributed by atoms with Gasteiger partial charge in [0.25, 0.3) is 0 Å². The Balaban J connectivity index is 2.46. The molecule has 2 aromatic rings. The van der Waals surface area contributed by atoms with E-state index in [0.717, 1.165) is 11.3 Å². The first-order valence-corrected chi connectivity index (χ1v) is 5.86. The molecule has 1 aromatic carbocycles. The maximum Gasteiger partial charge on any atom is 0.0801 e. The molecule has 0 bridgehead atoms. The first kappa shape index (κ1) is 12.3. The van der Waals surface area contributed by atoms with Crippen LogP contribution in [0.4, 0.5) is 0 Å².